The van der Waals surface area contributed by atoms with Gasteiger partial charge in [0.2, 0.25) is 0 Å². The van der Waals surface area contributed by atoms with Crippen LogP contribution in [0.3, 0.4) is 0 Å². The summed E-state index contributed by atoms with van der Waals surface area (Å²) < 4.78 is 0. The number of hydrogen-bond donors (Lipinski definition) is 0. The summed E-state index contributed by atoms with van der Waals surface area (Å²) in [5.74, 6) is 0.449. The molecule has 0 aromatic heterocycles. The van der Waals surface area contributed by atoms with E-state index >= 15 is 0 Å². The monoisotopic (exact) mass is 420 g/mol. The van der Waals surface area contributed by atoms with Crippen molar-refractivity contribution in [2.75, 3.05) is 0 Å². The topological polar surface area (TPSA) is 51.2 Å². The fraction of sp³-hybridized carbons (Fsp3) is 0.667. The highest BCUT2D eigenvalue weighted by molar-refractivity contribution is 5.87. The van der Waals surface area contributed by atoms with Crippen molar-refractivity contribution in [1.82, 2.24) is 0 Å². The van der Waals surface area contributed by atoms with Crippen LogP contribution in [0.25, 0.3) is 0 Å². The summed E-state index contributed by atoms with van der Waals surface area (Å²) in [4.78, 5) is 31.2. The van der Waals surface area contributed by atoms with Crippen LogP contribution in [0.1, 0.15) is 119 Å². The molecule has 0 aliphatic heterocycles. The number of ketones is 3. The van der Waals surface area contributed by atoms with Crippen LogP contribution in [0.5, 0.6) is 0 Å². The molecule has 0 aliphatic carbocycles. The van der Waals surface area contributed by atoms with Gasteiger partial charge in [-0.3, -0.25) is 14.4 Å². The number of allylic oxidation sites excluding steroid dienone is 6. The molecule has 0 unspecified atom stereocenters. The first-order chi connectivity index (χ1) is 14.3. The summed E-state index contributed by atoms with van der Waals surface area (Å²) in [5.41, 5.74) is 0. The lowest BCUT2D eigenvalue weighted by Gasteiger charge is -1.89. The van der Waals surface area contributed by atoms with Crippen LogP contribution in [-0.2, 0) is 14.4 Å². The van der Waals surface area contributed by atoms with Crippen molar-refractivity contribution in [3.05, 3.63) is 36.5 Å². The molecule has 3 heteroatoms. The van der Waals surface area contributed by atoms with Gasteiger partial charge in [0.1, 0.15) is 0 Å². The van der Waals surface area contributed by atoms with Gasteiger partial charge in [0.25, 0.3) is 0 Å². The highest BCUT2D eigenvalue weighted by Gasteiger charge is 1.84. The van der Waals surface area contributed by atoms with Crippen LogP contribution in [0, 0.1) is 0 Å². The smallest absolute Gasteiger partial charge is 0.152 e. The van der Waals surface area contributed by atoms with Crippen LogP contribution < -0.4 is 0 Å². The summed E-state index contributed by atoms with van der Waals surface area (Å²) in [7, 11) is 0. The molecule has 0 heterocycles. The second kappa shape index (κ2) is 29.4. The quantitative estimate of drug-likeness (QED) is 0.198. The van der Waals surface area contributed by atoms with Crippen LogP contribution in [0.15, 0.2) is 36.5 Å². The van der Waals surface area contributed by atoms with E-state index in [0.29, 0.717) is 0 Å². The van der Waals surface area contributed by atoms with Gasteiger partial charge in [-0.25, -0.2) is 0 Å². The Morgan fingerprint density at radius 1 is 0.467 bits per heavy atom. The van der Waals surface area contributed by atoms with Crippen LogP contribution in [0.4, 0.5) is 0 Å². The Hall–Kier alpha value is -1.77. The second-order valence-electron chi connectivity index (χ2n) is 7.53. The summed E-state index contributed by atoms with van der Waals surface area (Å²) in [6.07, 6.45) is 25.1. The molecule has 0 atom stereocenters. The highest BCUT2D eigenvalue weighted by atomic mass is 16.1. The zero-order chi connectivity index (χ0) is 23.5. The Kier molecular flexibility index (Phi) is 32.3. The molecule has 0 aromatic carbocycles. The molecule has 0 spiro atoms. The molecule has 0 amide bonds. The first-order valence-corrected chi connectivity index (χ1v) is 11.8. The van der Waals surface area contributed by atoms with Gasteiger partial charge in [0.05, 0.1) is 0 Å². The molecular weight excluding hydrogens is 372 g/mol. The molecule has 3 nitrogen and oxygen atoms in total. The van der Waals surface area contributed by atoms with Gasteiger partial charge in [0.15, 0.2) is 17.3 Å². The minimum atomic E-state index is 0.150. The lowest BCUT2D eigenvalue weighted by atomic mass is 10.2. The van der Waals surface area contributed by atoms with E-state index in [1.807, 2.05) is 18.2 Å². The zero-order valence-electron chi connectivity index (χ0n) is 20.7. The lowest BCUT2D eigenvalue weighted by Crippen LogP contribution is -1.79. The maximum absolute atomic E-state index is 10.4. The SMILES string of the molecule is CCCCCC=CC(C)=O.CCCCCC=CC(C)=O.CCCCCC=CC(C)=O. The van der Waals surface area contributed by atoms with Gasteiger partial charge in [-0.05, 0) is 77.5 Å². The van der Waals surface area contributed by atoms with Crippen molar-refractivity contribution < 1.29 is 14.4 Å². The molecule has 174 valence electrons. The zero-order valence-corrected chi connectivity index (χ0v) is 20.7. The first kappa shape index (κ1) is 32.9. The Morgan fingerprint density at radius 3 is 0.867 bits per heavy atom. The Morgan fingerprint density at radius 2 is 0.700 bits per heavy atom. The standard InChI is InChI=1S/3C9H16O/c3*1-3-4-5-6-7-8-9(2)10/h3*7-8H,3-6H2,1-2H3. The molecule has 0 radical (unpaired) electrons. The maximum Gasteiger partial charge on any atom is 0.152 e. The normalized spacial score (nSPS) is 10.6. The fourth-order valence-corrected chi connectivity index (χ4v) is 2.28. The molecule has 0 rings (SSSR count). The molecule has 0 saturated carbocycles. The largest absolute Gasteiger partial charge is 0.295 e. The van der Waals surface area contributed by atoms with Crippen molar-refractivity contribution in [1.29, 1.82) is 0 Å². The highest BCUT2D eigenvalue weighted by Crippen LogP contribution is 2.00. The lowest BCUT2D eigenvalue weighted by molar-refractivity contribution is -0.113. The van der Waals surface area contributed by atoms with Crippen molar-refractivity contribution >= 4 is 17.3 Å². The molecule has 0 bridgehead atoms. The summed E-state index contributed by atoms with van der Waals surface area (Å²) in [6.45, 7) is 11.3. The predicted molar refractivity (Wildman–Crippen MR) is 132 cm³/mol. The third kappa shape index (κ3) is 45.2. The Balaban J connectivity index is -0.000000364. The van der Waals surface area contributed by atoms with E-state index in [0.717, 1.165) is 19.3 Å². The van der Waals surface area contributed by atoms with E-state index in [9.17, 15) is 14.4 Å². The minimum absolute atomic E-state index is 0.150. The molecule has 0 aliphatic rings. The van der Waals surface area contributed by atoms with Crippen molar-refractivity contribution in [3.8, 4) is 0 Å². The van der Waals surface area contributed by atoms with Crippen molar-refractivity contribution in [2.24, 2.45) is 0 Å². The van der Waals surface area contributed by atoms with Gasteiger partial charge in [-0.1, -0.05) is 77.5 Å². The van der Waals surface area contributed by atoms with Gasteiger partial charge in [0, 0.05) is 0 Å². The molecule has 0 fully saturated rings. The van der Waals surface area contributed by atoms with Crippen molar-refractivity contribution in [2.45, 2.75) is 119 Å². The minimum Gasteiger partial charge on any atom is -0.295 e. The third-order valence-electron chi connectivity index (χ3n) is 3.98. The summed E-state index contributed by atoms with van der Waals surface area (Å²) in [5, 5.41) is 0. The average Bonchev–Trinajstić information content (AvgIpc) is 2.68. The van der Waals surface area contributed by atoms with Crippen molar-refractivity contribution in [3.63, 3.8) is 0 Å². The van der Waals surface area contributed by atoms with Crippen LogP contribution >= 0.6 is 0 Å². The van der Waals surface area contributed by atoms with E-state index in [1.165, 1.54) is 57.8 Å². The van der Waals surface area contributed by atoms with Gasteiger partial charge in [-0.2, -0.15) is 0 Å². The van der Waals surface area contributed by atoms with Gasteiger partial charge in [-0.15, -0.1) is 0 Å². The van der Waals surface area contributed by atoms with Crippen LogP contribution in [0.2, 0.25) is 0 Å². The summed E-state index contributed by atoms with van der Waals surface area (Å²) in [6, 6.07) is 0. The number of unbranched alkanes of at least 4 members (excludes halogenated alkanes) is 9. The maximum atomic E-state index is 10.4. The third-order valence-corrected chi connectivity index (χ3v) is 3.98. The van der Waals surface area contributed by atoms with E-state index in [1.54, 1.807) is 39.0 Å². The second-order valence-corrected chi connectivity index (χ2v) is 7.53. The number of carbonyl (C=O) groups excluding carboxylic acids is 3. The molecular formula is C27H48O3. The van der Waals surface area contributed by atoms with E-state index in [-0.39, 0.29) is 17.3 Å². The summed E-state index contributed by atoms with van der Waals surface area (Å²) >= 11 is 0. The number of hydrogen-bond acceptors (Lipinski definition) is 3. The molecule has 0 N–H and O–H groups in total. The molecule has 0 aromatic rings. The Labute approximate surface area is 187 Å². The van der Waals surface area contributed by atoms with E-state index in [4.69, 9.17) is 0 Å². The predicted octanol–water partition coefficient (Wildman–Crippen LogP) is 8.14. The number of carbonyl (C=O) groups is 3. The number of rotatable bonds is 15. The van der Waals surface area contributed by atoms with E-state index < -0.39 is 0 Å². The Bertz CT molecular complexity index is 413. The molecule has 30 heavy (non-hydrogen) atoms. The van der Waals surface area contributed by atoms with Gasteiger partial charge >= 0.3 is 0 Å². The van der Waals surface area contributed by atoms with Crippen LogP contribution in [-0.4, -0.2) is 17.3 Å². The fourth-order valence-electron chi connectivity index (χ4n) is 2.28. The van der Waals surface area contributed by atoms with E-state index in [2.05, 4.69) is 20.8 Å². The average molecular weight is 421 g/mol. The first-order valence-electron chi connectivity index (χ1n) is 11.8. The molecule has 0 saturated heterocycles. The van der Waals surface area contributed by atoms with Gasteiger partial charge < -0.3 is 0 Å².